The standard InChI is InChI=1S/C20H27NO/c1-14(21-5)16-9-12-19(22-6)18(13-16)15-7-10-17(11-8-15)20(2,3)4/h7-14,21H,1-6H3. The maximum Gasteiger partial charge on any atom is 0.126 e. The highest BCUT2D eigenvalue weighted by Crippen LogP contribution is 2.34. The monoisotopic (exact) mass is 297 g/mol. The zero-order valence-electron chi connectivity index (χ0n) is 14.5. The van der Waals surface area contributed by atoms with Crippen LogP contribution < -0.4 is 10.1 Å². The molecule has 1 N–H and O–H groups in total. The van der Waals surface area contributed by atoms with Crippen LogP contribution in [0.4, 0.5) is 0 Å². The highest BCUT2D eigenvalue weighted by molar-refractivity contribution is 5.71. The number of ether oxygens (including phenoxy) is 1. The topological polar surface area (TPSA) is 21.3 Å². The van der Waals surface area contributed by atoms with Crippen molar-refractivity contribution in [3.05, 3.63) is 53.6 Å². The largest absolute Gasteiger partial charge is 0.496 e. The highest BCUT2D eigenvalue weighted by Gasteiger charge is 2.14. The molecule has 2 aromatic carbocycles. The smallest absolute Gasteiger partial charge is 0.126 e. The van der Waals surface area contributed by atoms with Crippen LogP contribution in [0, 0.1) is 0 Å². The fraction of sp³-hybridized carbons (Fsp3) is 0.400. The molecule has 1 atom stereocenters. The van der Waals surface area contributed by atoms with Gasteiger partial charge in [-0.15, -0.1) is 0 Å². The molecule has 22 heavy (non-hydrogen) atoms. The van der Waals surface area contributed by atoms with Crippen molar-refractivity contribution in [2.45, 2.75) is 39.2 Å². The van der Waals surface area contributed by atoms with E-state index >= 15 is 0 Å². The summed E-state index contributed by atoms with van der Waals surface area (Å²) in [4.78, 5) is 0. The van der Waals surface area contributed by atoms with E-state index in [1.54, 1.807) is 7.11 Å². The molecule has 0 aliphatic rings. The number of hydrogen-bond acceptors (Lipinski definition) is 2. The Morgan fingerprint density at radius 1 is 1.00 bits per heavy atom. The number of methoxy groups -OCH3 is 1. The Balaban J connectivity index is 2.46. The zero-order valence-corrected chi connectivity index (χ0v) is 14.5. The molecule has 0 spiro atoms. The molecule has 0 aliphatic heterocycles. The second-order valence-electron chi connectivity index (χ2n) is 6.80. The molecule has 118 valence electrons. The lowest BCUT2D eigenvalue weighted by atomic mass is 9.86. The van der Waals surface area contributed by atoms with Gasteiger partial charge >= 0.3 is 0 Å². The van der Waals surface area contributed by atoms with Gasteiger partial charge in [0, 0.05) is 11.6 Å². The van der Waals surface area contributed by atoms with Crippen LogP contribution in [-0.4, -0.2) is 14.2 Å². The Labute approximate surface area is 134 Å². The van der Waals surface area contributed by atoms with Crippen LogP contribution in [-0.2, 0) is 5.41 Å². The Morgan fingerprint density at radius 2 is 1.64 bits per heavy atom. The van der Waals surface area contributed by atoms with E-state index in [1.807, 2.05) is 7.05 Å². The summed E-state index contributed by atoms with van der Waals surface area (Å²) >= 11 is 0. The van der Waals surface area contributed by atoms with Crippen LogP contribution in [0.3, 0.4) is 0 Å². The van der Waals surface area contributed by atoms with Crippen molar-refractivity contribution in [2.75, 3.05) is 14.2 Å². The van der Waals surface area contributed by atoms with Crippen LogP contribution in [0.2, 0.25) is 0 Å². The summed E-state index contributed by atoms with van der Waals surface area (Å²) in [5.74, 6) is 0.913. The van der Waals surface area contributed by atoms with Crippen molar-refractivity contribution in [1.29, 1.82) is 0 Å². The third-order valence-corrected chi connectivity index (χ3v) is 4.22. The SMILES string of the molecule is CNC(C)c1ccc(OC)c(-c2ccc(C(C)(C)C)cc2)c1. The summed E-state index contributed by atoms with van der Waals surface area (Å²) in [5, 5.41) is 3.29. The average molecular weight is 297 g/mol. The first-order chi connectivity index (χ1) is 10.4. The van der Waals surface area contributed by atoms with Gasteiger partial charge in [-0.1, -0.05) is 51.1 Å². The van der Waals surface area contributed by atoms with Crippen LogP contribution in [0.25, 0.3) is 11.1 Å². The van der Waals surface area contributed by atoms with E-state index < -0.39 is 0 Å². The third kappa shape index (κ3) is 3.50. The van der Waals surface area contributed by atoms with Gasteiger partial charge in [0.25, 0.3) is 0 Å². The van der Waals surface area contributed by atoms with Crippen molar-refractivity contribution in [3.8, 4) is 16.9 Å². The Morgan fingerprint density at radius 3 is 2.14 bits per heavy atom. The minimum atomic E-state index is 0.172. The molecular weight excluding hydrogens is 270 g/mol. The molecule has 0 saturated heterocycles. The Bertz CT molecular complexity index is 623. The summed E-state index contributed by atoms with van der Waals surface area (Å²) in [5.41, 5.74) is 5.11. The van der Waals surface area contributed by atoms with Crippen LogP contribution in [0.15, 0.2) is 42.5 Å². The minimum absolute atomic E-state index is 0.172. The third-order valence-electron chi connectivity index (χ3n) is 4.22. The van der Waals surface area contributed by atoms with Crippen LogP contribution in [0.1, 0.15) is 44.9 Å². The second kappa shape index (κ2) is 6.53. The first-order valence-corrected chi connectivity index (χ1v) is 7.83. The first kappa shape index (κ1) is 16.6. The molecule has 0 amide bonds. The number of nitrogens with one attached hydrogen (secondary N) is 1. The zero-order chi connectivity index (χ0) is 16.3. The predicted molar refractivity (Wildman–Crippen MR) is 94.6 cm³/mol. The van der Waals surface area contributed by atoms with Crippen LogP contribution in [0.5, 0.6) is 5.75 Å². The molecule has 0 saturated carbocycles. The number of rotatable bonds is 4. The molecule has 2 aromatic rings. The van der Waals surface area contributed by atoms with E-state index in [0.29, 0.717) is 6.04 Å². The molecular formula is C20H27NO. The molecule has 2 heteroatoms. The fourth-order valence-corrected chi connectivity index (χ4v) is 2.54. The van der Waals surface area contributed by atoms with E-state index in [4.69, 9.17) is 4.74 Å². The highest BCUT2D eigenvalue weighted by atomic mass is 16.5. The van der Waals surface area contributed by atoms with Crippen LogP contribution >= 0.6 is 0 Å². The summed E-state index contributed by atoms with van der Waals surface area (Å²) in [6.45, 7) is 8.86. The van der Waals surface area contributed by atoms with Crippen molar-refractivity contribution >= 4 is 0 Å². The van der Waals surface area contributed by atoms with Gasteiger partial charge in [0.15, 0.2) is 0 Å². The first-order valence-electron chi connectivity index (χ1n) is 7.83. The summed E-state index contributed by atoms with van der Waals surface area (Å²) in [7, 11) is 3.70. The predicted octanol–water partition coefficient (Wildman–Crippen LogP) is 4.94. The summed E-state index contributed by atoms with van der Waals surface area (Å²) < 4.78 is 5.55. The number of benzene rings is 2. The summed E-state index contributed by atoms with van der Waals surface area (Å²) in [6.07, 6.45) is 0. The molecule has 1 unspecified atom stereocenters. The fourth-order valence-electron chi connectivity index (χ4n) is 2.54. The van der Waals surface area contributed by atoms with Gasteiger partial charge in [0.2, 0.25) is 0 Å². The molecule has 0 bridgehead atoms. The van der Waals surface area contributed by atoms with Crippen molar-refractivity contribution in [1.82, 2.24) is 5.32 Å². The lowest BCUT2D eigenvalue weighted by molar-refractivity contribution is 0.416. The van der Waals surface area contributed by atoms with Gasteiger partial charge in [0.1, 0.15) is 5.75 Å². The second-order valence-corrected chi connectivity index (χ2v) is 6.80. The molecule has 0 heterocycles. The Kier molecular flexibility index (Phi) is 4.92. The molecule has 0 aliphatic carbocycles. The maximum absolute atomic E-state index is 5.55. The van der Waals surface area contributed by atoms with Gasteiger partial charge in [-0.25, -0.2) is 0 Å². The van der Waals surface area contributed by atoms with Gasteiger partial charge in [0.05, 0.1) is 7.11 Å². The van der Waals surface area contributed by atoms with Crippen molar-refractivity contribution < 1.29 is 4.74 Å². The van der Waals surface area contributed by atoms with E-state index in [2.05, 4.69) is 75.5 Å². The molecule has 2 nitrogen and oxygen atoms in total. The minimum Gasteiger partial charge on any atom is -0.496 e. The quantitative estimate of drug-likeness (QED) is 0.863. The molecule has 0 fully saturated rings. The molecule has 0 aromatic heterocycles. The van der Waals surface area contributed by atoms with Gasteiger partial charge in [-0.05, 0) is 48.2 Å². The lowest BCUT2D eigenvalue weighted by Crippen LogP contribution is -2.12. The lowest BCUT2D eigenvalue weighted by Gasteiger charge is -2.20. The number of hydrogen-bond donors (Lipinski definition) is 1. The van der Waals surface area contributed by atoms with E-state index in [-0.39, 0.29) is 5.41 Å². The summed E-state index contributed by atoms with van der Waals surface area (Å²) in [6, 6.07) is 15.5. The van der Waals surface area contributed by atoms with Gasteiger partial charge in [-0.3, -0.25) is 0 Å². The van der Waals surface area contributed by atoms with E-state index in [0.717, 1.165) is 11.3 Å². The van der Waals surface area contributed by atoms with Gasteiger partial charge < -0.3 is 10.1 Å². The average Bonchev–Trinajstić information content (AvgIpc) is 2.52. The Hall–Kier alpha value is -1.80. The van der Waals surface area contributed by atoms with Crippen molar-refractivity contribution in [3.63, 3.8) is 0 Å². The van der Waals surface area contributed by atoms with E-state index in [9.17, 15) is 0 Å². The maximum atomic E-state index is 5.55. The molecule has 0 radical (unpaired) electrons. The van der Waals surface area contributed by atoms with Crippen molar-refractivity contribution in [2.24, 2.45) is 0 Å². The van der Waals surface area contributed by atoms with Gasteiger partial charge in [-0.2, -0.15) is 0 Å². The van der Waals surface area contributed by atoms with E-state index in [1.165, 1.54) is 16.7 Å². The normalized spacial score (nSPS) is 13.0. The molecule has 2 rings (SSSR count).